The smallest absolute Gasteiger partial charge is 0.414 e. The zero-order valence-corrected chi connectivity index (χ0v) is 19.5. The monoisotopic (exact) mass is 466 g/mol. The van der Waals surface area contributed by atoms with Crippen LogP contribution in [-0.4, -0.2) is 40.7 Å². The minimum Gasteiger partial charge on any atom is -0.471 e. The Balaban J connectivity index is 1.44. The lowest BCUT2D eigenvalue weighted by atomic mass is 9.98. The molecule has 1 aromatic carbocycles. The fourth-order valence-electron chi connectivity index (χ4n) is 4.34. The van der Waals surface area contributed by atoms with Crippen LogP contribution in [0.4, 0.5) is 15.6 Å². The first-order valence-corrected chi connectivity index (χ1v) is 12.1. The van der Waals surface area contributed by atoms with Gasteiger partial charge in [-0.25, -0.2) is 14.8 Å². The molecular weight excluding hydrogens is 440 g/mol. The van der Waals surface area contributed by atoms with Gasteiger partial charge in [0, 0.05) is 18.7 Å². The molecule has 1 atom stereocenters. The van der Waals surface area contributed by atoms with Crippen molar-refractivity contribution in [2.24, 2.45) is 0 Å². The quantitative estimate of drug-likeness (QED) is 0.557. The van der Waals surface area contributed by atoms with Crippen LogP contribution >= 0.6 is 11.3 Å². The predicted molar refractivity (Wildman–Crippen MR) is 128 cm³/mol. The minimum absolute atomic E-state index is 0.0180. The van der Waals surface area contributed by atoms with Gasteiger partial charge in [-0.2, -0.15) is 0 Å². The number of carbonyl (C=O) groups is 2. The molecule has 1 aliphatic heterocycles. The van der Waals surface area contributed by atoms with Gasteiger partial charge in [0.1, 0.15) is 17.9 Å². The predicted octanol–water partition coefficient (Wildman–Crippen LogP) is 5.37. The number of thiazole rings is 1. The summed E-state index contributed by atoms with van der Waals surface area (Å²) in [5, 5.41) is 3.30. The maximum absolute atomic E-state index is 13.1. The number of pyridine rings is 1. The third kappa shape index (κ3) is 4.64. The molecule has 1 N–H and O–H groups in total. The number of hydrogen-bond acceptors (Lipinski definition) is 7. The van der Waals surface area contributed by atoms with Gasteiger partial charge in [-0.05, 0) is 56.4 Å². The van der Waals surface area contributed by atoms with E-state index in [2.05, 4.69) is 15.3 Å². The van der Waals surface area contributed by atoms with Gasteiger partial charge in [0.2, 0.25) is 11.8 Å². The van der Waals surface area contributed by atoms with Gasteiger partial charge >= 0.3 is 6.09 Å². The van der Waals surface area contributed by atoms with Crippen LogP contribution in [0.15, 0.2) is 30.5 Å². The lowest BCUT2D eigenvalue weighted by molar-refractivity contribution is -0.114. The summed E-state index contributed by atoms with van der Waals surface area (Å²) in [6, 6.07) is 7.81. The van der Waals surface area contributed by atoms with Crippen molar-refractivity contribution in [2.45, 2.75) is 58.2 Å². The molecule has 1 saturated carbocycles. The van der Waals surface area contributed by atoms with Crippen molar-refractivity contribution in [1.82, 2.24) is 9.97 Å². The van der Waals surface area contributed by atoms with Gasteiger partial charge in [0.15, 0.2) is 5.13 Å². The molecular formula is C24H26N4O4S. The van der Waals surface area contributed by atoms with E-state index in [1.54, 1.807) is 11.1 Å². The summed E-state index contributed by atoms with van der Waals surface area (Å²) in [6.45, 7) is 3.80. The zero-order chi connectivity index (χ0) is 22.9. The van der Waals surface area contributed by atoms with E-state index in [1.807, 2.05) is 31.2 Å². The molecule has 5 rings (SSSR count). The molecule has 9 heteroatoms. The fourth-order valence-corrected chi connectivity index (χ4v) is 5.29. The van der Waals surface area contributed by atoms with Crippen LogP contribution in [0.2, 0.25) is 0 Å². The van der Waals surface area contributed by atoms with Crippen LogP contribution in [-0.2, 0) is 9.53 Å². The molecule has 2 amide bonds. The number of nitrogens with one attached hydrogen (secondary N) is 1. The van der Waals surface area contributed by atoms with Gasteiger partial charge in [-0.3, -0.25) is 9.69 Å². The SMILES string of the molecule is CC(=O)Nc1nc2ccc(-c3cnc4c(c3)N(C(=O)OC3CCCCC3)C[C@H](C)O4)cc2s1. The summed E-state index contributed by atoms with van der Waals surface area (Å²) >= 11 is 1.42. The van der Waals surface area contributed by atoms with Crippen LogP contribution in [0.25, 0.3) is 21.3 Å². The van der Waals surface area contributed by atoms with Crippen LogP contribution in [0.1, 0.15) is 46.0 Å². The van der Waals surface area contributed by atoms with Crippen molar-refractivity contribution in [3.63, 3.8) is 0 Å². The Hall–Kier alpha value is -3.20. The standard InChI is InChI=1S/C24H26N4O4S/c1-14-13-28(24(30)32-18-6-4-3-5-7-18)20-10-17(12-25-22(20)31-14)16-8-9-19-21(11-16)33-23(27-19)26-15(2)29/h8-12,14,18H,3-7,13H2,1-2H3,(H,26,27,29)/t14-/m0/s1. The molecule has 0 saturated heterocycles. The number of aromatic nitrogens is 2. The molecule has 172 valence electrons. The Morgan fingerprint density at radius 1 is 1.18 bits per heavy atom. The Bertz CT molecular complexity index is 1200. The molecule has 1 fully saturated rings. The molecule has 2 aromatic heterocycles. The number of rotatable bonds is 3. The van der Waals surface area contributed by atoms with Crippen molar-refractivity contribution < 1.29 is 19.1 Å². The lowest BCUT2D eigenvalue weighted by Crippen LogP contribution is -2.44. The van der Waals surface area contributed by atoms with Crippen LogP contribution in [0.5, 0.6) is 5.88 Å². The van der Waals surface area contributed by atoms with E-state index in [9.17, 15) is 9.59 Å². The first-order chi connectivity index (χ1) is 16.0. The van der Waals surface area contributed by atoms with Crippen molar-refractivity contribution >= 4 is 44.4 Å². The van der Waals surface area contributed by atoms with E-state index in [4.69, 9.17) is 9.47 Å². The van der Waals surface area contributed by atoms with E-state index in [0.29, 0.717) is 23.2 Å². The molecule has 3 aromatic rings. The maximum atomic E-state index is 13.1. The van der Waals surface area contributed by atoms with Gasteiger partial charge in [0.25, 0.3) is 0 Å². The molecule has 0 radical (unpaired) electrons. The molecule has 0 spiro atoms. The number of anilines is 2. The maximum Gasteiger partial charge on any atom is 0.414 e. The highest BCUT2D eigenvalue weighted by Gasteiger charge is 2.32. The number of nitrogens with zero attached hydrogens (tertiary/aromatic N) is 3. The van der Waals surface area contributed by atoms with Gasteiger partial charge in [0.05, 0.1) is 16.8 Å². The molecule has 0 unspecified atom stereocenters. The Morgan fingerprint density at radius 2 is 2.00 bits per heavy atom. The van der Waals surface area contributed by atoms with Gasteiger partial charge in [-0.15, -0.1) is 0 Å². The van der Waals surface area contributed by atoms with E-state index >= 15 is 0 Å². The van der Waals surface area contributed by atoms with E-state index in [-0.39, 0.29) is 24.2 Å². The summed E-state index contributed by atoms with van der Waals surface area (Å²) in [7, 11) is 0. The molecule has 33 heavy (non-hydrogen) atoms. The first-order valence-electron chi connectivity index (χ1n) is 11.3. The number of carbonyl (C=O) groups excluding carboxylic acids is 2. The van der Waals surface area contributed by atoms with Crippen molar-refractivity contribution in [3.05, 3.63) is 30.5 Å². The van der Waals surface area contributed by atoms with Crippen molar-refractivity contribution in [3.8, 4) is 17.0 Å². The molecule has 2 aliphatic rings. The number of hydrogen-bond donors (Lipinski definition) is 1. The highest BCUT2D eigenvalue weighted by molar-refractivity contribution is 7.22. The van der Waals surface area contributed by atoms with Crippen molar-refractivity contribution in [2.75, 3.05) is 16.8 Å². The second-order valence-corrected chi connectivity index (χ2v) is 9.64. The Morgan fingerprint density at radius 3 is 2.79 bits per heavy atom. The average Bonchev–Trinajstić information content (AvgIpc) is 3.19. The highest BCUT2D eigenvalue weighted by atomic mass is 32.1. The third-order valence-electron chi connectivity index (χ3n) is 5.92. The normalized spacial score (nSPS) is 18.5. The molecule has 8 nitrogen and oxygen atoms in total. The van der Waals surface area contributed by atoms with Crippen LogP contribution < -0.4 is 15.0 Å². The van der Waals surface area contributed by atoms with E-state index in [1.165, 1.54) is 24.7 Å². The number of ether oxygens (including phenoxy) is 2. The van der Waals surface area contributed by atoms with E-state index in [0.717, 1.165) is 47.0 Å². The Kier molecular flexibility index (Phi) is 5.88. The number of benzene rings is 1. The second kappa shape index (κ2) is 8.97. The number of fused-ring (bicyclic) bond motifs is 2. The summed E-state index contributed by atoms with van der Waals surface area (Å²) in [6.07, 6.45) is 6.47. The summed E-state index contributed by atoms with van der Waals surface area (Å²) in [5.74, 6) is 0.285. The average molecular weight is 467 g/mol. The molecule has 0 bridgehead atoms. The largest absolute Gasteiger partial charge is 0.471 e. The summed E-state index contributed by atoms with van der Waals surface area (Å²) < 4.78 is 12.7. The van der Waals surface area contributed by atoms with Gasteiger partial charge < -0.3 is 14.8 Å². The Labute approximate surface area is 195 Å². The zero-order valence-electron chi connectivity index (χ0n) is 18.7. The minimum atomic E-state index is -0.338. The summed E-state index contributed by atoms with van der Waals surface area (Å²) in [5.41, 5.74) is 3.23. The summed E-state index contributed by atoms with van der Waals surface area (Å²) in [4.78, 5) is 35.0. The lowest BCUT2D eigenvalue weighted by Gasteiger charge is -2.33. The second-order valence-electron chi connectivity index (χ2n) is 8.61. The van der Waals surface area contributed by atoms with Gasteiger partial charge in [-0.1, -0.05) is 23.8 Å². The van der Waals surface area contributed by atoms with E-state index < -0.39 is 0 Å². The number of amides is 2. The highest BCUT2D eigenvalue weighted by Crippen LogP contribution is 2.37. The van der Waals surface area contributed by atoms with Crippen LogP contribution in [0, 0.1) is 0 Å². The topological polar surface area (TPSA) is 93.7 Å². The fraction of sp³-hybridized carbons (Fsp3) is 0.417. The first kappa shape index (κ1) is 21.6. The molecule has 3 heterocycles. The van der Waals surface area contributed by atoms with Crippen molar-refractivity contribution in [1.29, 1.82) is 0 Å². The third-order valence-corrected chi connectivity index (χ3v) is 6.85. The van der Waals surface area contributed by atoms with Crippen LogP contribution in [0.3, 0.4) is 0 Å². The molecule has 1 aliphatic carbocycles.